The Balaban J connectivity index is 3.14. The van der Waals surface area contributed by atoms with E-state index in [1.54, 1.807) is 7.11 Å². The smallest absolute Gasteiger partial charge is 0.308 e. The van der Waals surface area contributed by atoms with Gasteiger partial charge in [-0.15, -0.1) is 0 Å². The maximum absolute atomic E-state index is 11.9. The van der Waals surface area contributed by atoms with Crippen LogP contribution in [0, 0.1) is 11.3 Å². The molecule has 106 valence electrons. The summed E-state index contributed by atoms with van der Waals surface area (Å²) in [7, 11) is 1.63. The molecular formula is C16H24O3. The van der Waals surface area contributed by atoms with Gasteiger partial charge in [0.25, 0.3) is 0 Å². The number of methoxy groups -OCH3 is 1. The molecule has 1 aromatic rings. The van der Waals surface area contributed by atoms with Gasteiger partial charge in [-0.2, -0.15) is 0 Å². The number of hydrogen-bond acceptors (Lipinski definition) is 3. The van der Waals surface area contributed by atoms with Crippen molar-refractivity contribution >= 4 is 5.97 Å². The van der Waals surface area contributed by atoms with Gasteiger partial charge in [0.2, 0.25) is 0 Å². The van der Waals surface area contributed by atoms with Gasteiger partial charge in [0.1, 0.15) is 11.9 Å². The summed E-state index contributed by atoms with van der Waals surface area (Å²) in [6.45, 7) is 9.84. The Morgan fingerprint density at radius 1 is 1.16 bits per heavy atom. The van der Waals surface area contributed by atoms with E-state index in [4.69, 9.17) is 9.47 Å². The van der Waals surface area contributed by atoms with Crippen LogP contribution in [0.1, 0.15) is 46.3 Å². The minimum atomic E-state index is -0.321. The average molecular weight is 264 g/mol. The van der Waals surface area contributed by atoms with E-state index in [9.17, 15) is 4.79 Å². The predicted molar refractivity (Wildman–Crippen MR) is 76.1 cm³/mol. The third-order valence-electron chi connectivity index (χ3n) is 2.91. The van der Waals surface area contributed by atoms with Crippen LogP contribution in [0.5, 0.6) is 5.75 Å². The zero-order valence-electron chi connectivity index (χ0n) is 12.7. The minimum Gasteiger partial charge on any atom is -0.496 e. The summed E-state index contributed by atoms with van der Waals surface area (Å²) in [5.74, 6) is 0.421. The van der Waals surface area contributed by atoms with Gasteiger partial charge in [-0.25, -0.2) is 0 Å². The molecule has 0 heterocycles. The van der Waals surface area contributed by atoms with Crippen molar-refractivity contribution in [1.82, 2.24) is 0 Å². The fraction of sp³-hybridized carbons (Fsp3) is 0.562. The van der Waals surface area contributed by atoms with Gasteiger partial charge < -0.3 is 9.47 Å². The number of ether oxygens (including phenoxy) is 2. The van der Waals surface area contributed by atoms with Gasteiger partial charge in [0.15, 0.2) is 0 Å². The van der Waals surface area contributed by atoms with Crippen molar-refractivity contribution in [3.8, 4) is 5.75 Å². The monoisotopic (exact) mass is 264 g/mol. The number of para-hydroxylation sites is 1. The topological polar surface area (TPSA) is 35.5 Å². The number of carbonyl (C=O) groups excluding carboxylic acids is 1. The Morgan fingerprint density at radius 2 is 1.74 bits per heavy atom. The molecule has 0 bridgehead atoms. The highest BCUT2D eigenvalue weighted by atomic mass is 16.5. The summed E-state index contributed by atoms with van der Waals surface area (Å²) >= 11 is 0. The van der Waals surface area contributed by atoms with Gasteiger partial charge in [0.05, 0.1) is 13.0 Å². The molecule has 19 heavy (non-hydrogen) atoms. The highest BCUT2D eigenvalue weighted by Gasteiger charge is 2.32. The molecule has 0 aromatic heterocycles. The fourth-order valence-electron chi connectivity index (χ4n) is 1.84. The lowest BCUT2D eigenvalue weighted by atomic mass is 9.84. The normalized spacial score (nSPS) is 13.2. The van der Waals surface area contributed by atoms with Gasteiger partial charge in [0, 0.05) is 11.0 Å². The number of rotatable bonds is 4. The molecule has 0 saturated carbocycles. The van der Waals surface area contributed by atoms with Crippen molar-refractivity contribution in [1.29, 1.82) is 0 Å². The van der Waals surface area contributed by atoms with Crippen LogP contribution in [0.25, 0.3) is 0 Å². The Hall–Kier alpha value is -1.51. The molecule has 0 saturated heterocycles. The summed E-state index contributed by atoms with van der Waals surface area (Å²) in [4.78, 5) is 11.9. The van der Waals surface area contributed by atoms with E-state index in [0.717, 1.165) is 11.3 Å². The molecule has 0 amide bonds. The maximum Gasteiger partial charge on any atom is 0.308 e. The van der Waals surface area contributed by atoms with Crippen molar-refractivity contribution in [3.05, 3.63) is 29.8 Å². The van der Waals surface area contributed by atoms with Crippen molar-refractivity contribution in [2.75, 3.05) is 7.11 Å². The predicted octanol–water partition coefficient (Wildman–Crippen LogP) is 3.98. The molecule has 0 aliphatic heterocycles. The van der Waals surface area contributed by atoms with Crippen molar-refractivity contribution < 1.29 is 14.3 Å². The van der Waals surface area contributed by atoms with Crippen LogP contribution in [-0.4, -0.2) is 13.1 Å². The molecule has 1 atom stereocenters. The Labute approximate surface area is 115 Å². The molecular weight excluding hydrogens is 240 g/mol. The van der Waals surface area contributed by atoms with Crippen LogP contribution >= 0.6 is 0 Å². The lowest BCUT2D eigenvalue weighted by Gasteiger charge is -2.32. The quantitative estimate of drug-likeness (QED) is 0.772. The largest absolute Gasteiger partial charge is 0.496 e. The van der Waals surface area contributed by atoms with E-state index in [0.29, 0.717) is 0 Å². The fourth-order valence-corrected chi connectivity index (χ4v) is 1.84. The van der Waals surface area contributed by atoms with E-state index < -0.39 is 0 Å². The van der Waals surface area contributed by atoms with E-state index in [1.807, 2.05) is 38.1 Å². The first-order chi connectivity index (χ1) is 8.77. The standard InChI is InChI=1S/C16H24O3/c1-11(2)15(17)19-14(16(3,4)5)12-9-7-8-10-13(12)18-6/h7-11,14H,1-6H3/t14-/m0/s1. The average Bonchev–Trinajstić information content (AvgIpc) is 2.34. The molecule has 3 nitrogen and oxygen atoms in total. The maximum atomic E-state index is 11.9. The van der Waals surface area contributed by atoms with Crippen LogP contribution in [-0.2, 0) is 9.53 Å². The summed E-state index contributed by atoms with van der Waals surface area (Å²) in [5.41, 5.74) is 0.714. The Bertz CT molecular complexity index is 430. The van der Waals surface area contributed by atoms with Crippen LogP contribution in [0.2, 0.25) is 0 Å². The molecule has 0 aliphatic carbocycles. The second-order valence-corrected chi connectivity index (χ2v) is 6.08. The third kappa shape index (κ3) is 3.98. The van der Waals surface area contributed by atoms with Crippen LogP contribution < -0.4 is 4.74 Å². The number of carbonyl (C=O) groups is 1. The van der Waals surface area contributed by atoms with E-state index in [2.05, 4.69) is 20.8 Å². The number of benzene rings is 1. The second kappa shape index (κ2) is 6.09. The summed E-state index contributed by atoms with van der Waals surface area (Å²) in [6, 6.07) is 7.67. The molecule has 1 rings (SSSR count). The third-order valence-corrected chi connectivity index (χ3v) is 2.91. The summed E-state index contributed by atoms with van der Waals surface area (Å²) < 4.78 is 11.1. The van der Waals surface area contributed by atoms with Crippen LogP contribution in [0.4, 0.5) is 0 Å². The first kappa shape index (κ1) is 15.5. The van der Waals surface area contributed by atoms with Gasteiger partial charge >= 0.3 is 5.97 Å². The zero-order chi connectivity index (χ0) is 14.6. The molecule has 1 aromatic carbocycles. The van der Waals surface area contributed by atoms with E-state index in [1.165, 1.54) is 0 Å². The Kier molecular flexibility index (Phi) is 4.98. The summed E-state index contributed by atoms with van der Waals surface area (Å²) in [5, 5.41) is 0. The summed E-state index contributed by atoms with van der Waals surface area (Å²) in [6.07, 6.45) is -0.321. The van der Waals surface area contributed by atoms with Gasteiger partial charge in [-0.1, -0.05) is 52.8 Å². The molecule has 3 heteroatoms. The van der Waals surface area contributed by atoms with Crippen LogP contribution in [0.3, 0.4) is 0 Å². The van der Waals surface area contributed by atoms with Crippen molar-refractivity contribution in [3.63, 3.8) is 0 Å². The van der Waals surface area contributed by atoms with Gasteiger partial charge in [-0.05, 0) is 6.07 Å². The molecule has 0 fully saturated rings. The lowest BCUT2D eigenvalue weighted by Crippen LogP contribution is -2.26. The minimum absolute atomic E-state index is 0.139. The molecule has 0 unspecified atom stereocenters. The molecule has 0 spiro atoms. The van der Waals surface area contributed by atoms with Crippen molar-refractivity contribution in [2.45, 2.75) is 40.7 Å². The first-order valence-electron chi connectivity index (χ1n) is 6.60. The molecule has 0 aliphatic rings. The van der Waals surface area contributed by atoms with Crippen LogP contribution in [0.15, 0.2) is 24.3 Å². The number of esters is 1. The van der Waals surface area contributed by atoms with Gasteiger partial charge in [-0.3, -0.25) is 4.79 Å². The highest BCUT2D eigenvalue weighted by molar-refractivity contribution is 5.72. The first-order valence-corrected chi connectivity index (χ1v) is 6.60. The lowest BCUT2D eigenvalue weighted by molar-refractivity contribution is -0.159. The Morgan fingerprint density at radius 3 is 2.21 bits per heavy atom. The SMILES string of the molecule is COc1ccccc1[C@H](OC(=O)C(C)C)C(C)(C)C. The zero-order valence-corrected chi connectivity index (χ0v) is 12.7. The highest BCUT2D eigenvalue weighted by Crippen LogP contribution is 2.40. The second-order valence-electron chi connectivity index (χ2n) is 6.08. The van der Waals surface area contributed by atoms with E-state index in [-0.39, 0.29) is 23.4 Å². The van der Waals surface area contributed by atoms with E-state index >= 15 is 0 Å². The molecule has 0 radical (unpaired) electrons. The number of hydrogen-bond donors (Lipinski definition) is 0. The molecule has 0 N–H and O–H groups in total. The van der Waals surface area contributed by atoms with Crippen molar-refractivity contribution in [2.24, 2.45) is 11.3 Å².